The molecule has 0 aliphatic heterocycles. The van der Waals surface area contributed by atoms with Crippen LogP contribution >= 0.6 is 11.3 Å². The van der Waals surface area contributed by atoms with Gasteiger partial charge in [-0.05, 0) is 24.4 Å². The summed E-state index contributed by atoms with van der Waals surface area (Å²) in [5.41, 5.74) is 6.24. The average molecular weight is 279 g/mol. The van der Waals surface area contributed by atoms with Gasteiger partial charge in [0.2, 0.25) is 5.91 Å². The van der Waals surface area contributed by atoms with Crippen LogP contribution in [0.5, 0.6) is 0 Å². The minimum Gasteiger partial charge on any atom is -0.354 e. The van der Waals surface area contributed by atoms with Crippen LogP contribution in [0.25, 0.3) is 0 Å². The largest absolute Gasteiger partial charge is 0.354 e. The van der Waals surface area contributed by atoms with E-state index in [2.05, 4.69) is 21.7 Å². The fraction of sp³-hybridized carbons (Fsp3) is 0.417. The van der Waals surface area contributed by atoms with E-state index in [9.17, 15) is 4.79 Å². The average Bonchev–Trinajstić information content (AvgIpc) is 3.02. The van der Waals surface area contributed by atoms with E-state index in [1.54, 1.807) is 17.5 Å². The first kappa shape index (κ1) is 13.7. The summed E-state index contributed by atoms with van der Waals surface area (Å²) >= 11 is 1.70. The van der Waals surface area contributed by atoms with Crippen LogP contribution in [0.3, 0.4) is 0 Å². The summed E-state index contributed by atoms with van der Waals surface area (Å²) in [6.07, 6.45) is 3.30. The van der Waals surface area contributed by atoms with E-state index in [-0.39, 0.29) is 12.5 Å². The van der Waals surface area contributed by atoms with Crippen molar-refractivity contribution in [3.05, 3.63) is 34.3 Å². The van der Waals surface area contributed by atoms with E-state index in [4.69, 9.17) is 5.73 Å². The molecule has 6 nitrogen and oxygen atoms in total. The molecule has 0 aliphatic rings. The lowest BCUT2D eigenvalue weighted by Gasteiger charge is -2.03. The number of carbonyl (C=O) groups is 1. The van der Waals surface area contributed by atoms with Crippen molar-refractivity contribution in [2.75, 3.05) is 13.1 Å². The molecule has 3 N–H and O–H groups in total. The quantitative estimate of drug-likeness (QED) is 0.758. The SMILES string of the molecule is NCCc1cn(CC(=O)NCCc2cccs2)nn1. The van der Waals surface area contributed by atoms with Gasteiger partial charge in [0.15, 0.2) is 0 Å². The van der Waals surface area contributed by atoms with Gasteiger partial charge in [-0.15, -0.1) is 16.4 Å². The van der Waals surface area contributed by atoms with Crippen LogP contribution in [0.2, 0.25) is 0 Å². The van der Waals surface area contributed by atoms with Gasteiger partial charge in [0.25, 0.3) is 0 Å². The number of nitrogens with zero attached hydrogens (tertiary/aromatic N) is 3. The van der Waals surface area contributed by atoms with Crippen molar-refractivity contribution < 1.29 is 4.79 Å². The molecule has 0 fully saturated rings. The Bertz CT molecular complexity index is 508. The van der Waals surface area contributed by atoms with Gasteiger partial charge in [-0.25, -0.2) is 4.68 Å². The molecule has 0 saturated heterocycles. The second-order valence-electron chi connectivity index (χ2n) is 4.13. The van der Waals surface area contributed by atoms with E-state index >= 15 is 0 Å². The molecule has 102 valence electrons. The Labute approximate surface area is 115 Å². The van der Waals surface area contributed by atoms with E-state index in [1.165, 1.54) is 9.56 Å². The molecule has 0 radical (unpaired) electrons. The minimum absolute atomic E-state index is 0.0549. The highest BCUT2D eigenvalue weighted by Crippen LogP contribution is 2.07. The molecule has 0 spiro atoms. The Morgan fingerprint density at radius 3 is 3.11 bits per heavy atom. The molecular formula is C12H17N5OS. The van der Waals surface area contributed by atoms with Gasteiger partial charge in [0, 0.05) is 24.0 Å². The number of rotatable bonds is 7. The molecule has 0 saturated carbocycles. The Morgan fingerprint density at radius 2 is 2.37 bits per heavy atom. The Kier molecular flexibility index (Phi) is 5.05. The third-order valence-corrected chi connectivity index (χ3v) is 3.50. The Balaban J connectivity index is 1.71. The van der Waals surface area contributed by atoms with Crippen molar-refractivity contribution in [3.8, 4) is 0 Å². The molecule has 7 heteroatoms. The number of hydrogen-bond donors (Lipinski definition) is 2. The minimum atomic E-state index is -0.0549. The van der Waals surface area contributed by atoms with Crippen LogP contribution in [0.1, 0.15) is 10.6 Å². The number of amides is 1. The predicted octanol–water partition coefficient (Wildman–Crippen LogP) is 0.200. The predicted molar refractivity (Wildman–Crippen MR) is 73.8 cm³/mol. The lowest BCUT2D eigenvalue weighted by molar-refractivity contribution is -0.121. The lowest BCUT2D eigenvalue weighted by Crippen LogP contribution is -2.29. The Morgan fingerprint density at radius 1 is 1.47 bits per heavy atom. The fourth-order valence-electron chi connectivity index (χ4n) is 1.66. The molecule has 0 atom stereocenters. The standard InChI is InChI=1S/C12H17N5OS/c13-5-3-10-8-17(16-15-10)9-12(18)14-6-4-11-2-1-7-19-11/h1-2,7-8H,3-6,9,13H2,(H,14,18). The van der Waals surface area contributed by atoms with Crippen molar-refractivity contribution in [3.63, 3.8) is 0 Å². The number of nitrogens with one attached hydrogen (secondary N) is 1. The van der Waals surface area contributed by atoms with Crippen molar-refractivity contribution in [2.24, 2.45) is 5.73 Å². The molecule has 2 rings (SSSR count). The topological polar surface area (TPSA) is 85.8 Å². The maximum atomic E-state index is 11.7. The van der Waals surface area contributed by atoms with Crippen molar-refractivity contribution in [2.45, 2.75) is 19.4 Å². The van der Waals surface area contributed by atoms with Crippen LogP contribution < -0.4 is 11.1 Å². The normalized spacial score (nSPS) is 10.6. The zero-order chi connectivity index (χ0) is 13.5. The Hall–Kier alpha value is -1.73. The van der Waals surface area contributed by atoms with Gasteiger partial charge >= 0.3 is 0 Å². The molecule has 0 bridgehead atoms. The summed E-state index contributed by atoms with van der Waals surface area (Å²) in [5.74, 6) is -0.0549. The number of hydrogen-bond acceptors (Lipinski definition) is 5. The van der Waals surface area contributed by atoms with Crippen LogP contribution in [0, 0.1) is 0 Å². The summed E-state index contributed by atoms with van der Waals surface area (Å²) in [5, 5.41) is 12.7. The summed E-state index contributed by atoms with van der Waals surface area (Å²) in [6.45, 7) is 1.37. The van der Waals surface area contributed by atoms with E-state index in [0.29, 0.717) is 19.5 Å². The first-order valence-corrected chi connectivity index (χ1v) is 7.04. The van der Waals surface area contributed by atoms with Crippen LogP contribution in [0.4, 0.5) is 0 Å². The van der Waals surface area contributed by atoms with Crippen LogP contribution in [-0.2, 0) is 24.2 Å². The monoisotopic (exact) mass is 279 g/mol. The maximum absolute atomic E-state index is 11.7. The molecule has 2 aromatic rings. The van der Waals surface area contributed by atoms with Gasteiger partial charge in [-0.3, -0.25) is 4.79 Å². The van der Waals surface area contributed by atoms with Crippen molar-refractivity contribution >= 4 is 17.2 Å². The highest BCUT2D eigenvalue weighted by Gasteiger charge is 2.05. The molecule has 19 heavy (non-hydrogen) atoms. The smallest absolute Gasteiger partial charge is 0.241 e. The van der Waals surface area contributed by atoms with Gasteiger partial charge in [0.05, 0.1) is 5.69 Å². The summed E-state index contributed by atoms with van der Waals surface area (Å²) < 4.78 is 1.53. The van der Waals surface area contributed by atoms with Crippen molar-refractivity contribution in [1.82, 2.24) is 20.3 Å². The highest BCUT2D eigenvalue weighted by molar-refractivity contribution is 7.09. The zero-order valence-corrected chi connectivity index (χ0v) is 11.4. The van der Waals surface area contributed by atoms with E-state index in [1.807, 2.05) is 11.4 Å². The van der Waals surface area contributed by atoms with Gasteiger partial charge < -0.3 is 11.1 Å². The molecule has 0 unspecified atom stereocenters. The molecule has 2 heterocycles. The highest BCUT2D eigenvalue weighted by atomic mass is 32.1. The third kappa shape index (κ3) is 4.46. The second-order valence-corrected chi connectivity index (χ2v) is 5.16. The van der Waals surface area contributed by atoms with Crippen LogP contribution in [-0.4, -0.2) is 34.0 Å². The number of carbonyl (C=O) groups excluding carboxylic acids is 1. The van der Waals surface area contributed by atoms with Gasteiger partial charge in [-0.1, -0.05) is 11.3 Å². The summed E-state index contributed by atoms with van der Waals surface area (Å²) in [7, 11) is 0. The molecule has 2 aromatic heterocycles. The second kappa shape index (κ2) is 7.01. The summed E-state index contributed by atoms with van der Waals surface area (Å²) in [4.78, 5) is 13.0. The van der Waals surface area contributed by atoms with Gasteiger partial charge in [0.1, 0.15) is 6.54 Å². The first-order chi connectivity index (χ1) is 9.28. The van der Waals surface area contributed by atoms with E-state index < -0.39 is 0 Å². The number of thiophene rings is 1. The third-order valence-electron chi connectivity index (χ3n) is 2.57. The summed E-state index contributed by atoms with van der Waals surface area (Å²) in [6, 6.07) is 4.07. The van der Waals surface area contributed by atoms with Crippen molar-refractivity contribution in [1.29, 1.82) is 0 Å². The van der Waals surface area contributed by atoms with E-state index in [0.717, 1.165) is 12.1 Å². The number of aromatic nitrogens is 3. The molecule has 0 aromatic carbocycles. The first-order valence-electron chi connectivity index (χ1n) is 6.16. The molecule has 0 aliphatic carbocycles. The van der Waals surface area contributed by atoms with Crippen LogP contribution in [0.15, 0.2) is 23.7 Å². The fourth-order valence-corrected chi connectivity index (χ4v) is 2.37. The maximum Gasteiger partial charge on any atom is 0.241 e. The number of nitrogens with two attached hydrogens (primary N) is 1. The van der Waals surface area contributed by atoms with Gasteiger partial charge in [-0.2, -0.15) is 0 Å². The zero-order valence-electron chi connectivity index (χ0n) is 10.6. The lowest BCUT2D eigenvalue weighted by atomic mass is 10.3. The molecule has 1 amide bonds. The molecular weight excluding hydrogens is 262 g/mol.